The van der Waals surface area contributed by atoms with Crippen LogP contribution in [-0.4, -0.2) is 37.9 Å². The molecule has 0 aliphatic rings. The van der Waals surface area contributed by atoms with Gasteiger partial charge in [-0.3, -0.25) is 14.9 Å². The molecule has 2 rings (SSSR count). The summed E-state index contributed by atoms with van der Waals surface area (Å²) in [5, 5.41) is 15.1. The predicted octanol–water partition coefficient (Wildman–Crippen LogP) is 2.77. The lowest BCUT2D eigenvalue weighted by atomic mass is 10.1. The first-order valence-corrected chi connectivity index (χ1v) is 7.80. The fourth-order valence-electron chi connectivity index (χ4n) is 2.26. The molecule has 0 saturated carbocycles. The van der Waals surface area contributed by atoms with Crippen LogP contribution in [0.15, 0.2) is 41.5 Å². The number of nitro benzene ring substituents is 1. The normalized spacial score (nSPS) is 10.9. The highest BCUT2D eigenvalue weighted by Gasteiger charge is 2.16. The fraction of sp³-hybridized carbons (Fsp3) is 0.222. The summed E-state index contributed by atoms with van der Waals surface area (Å²) in [5.74, 6) is 0.593. The van der Waals surface area contributed by atoms with E-state index in [1.165, 1.54) is 33.5 Å². The van der Waals surface area contributed by atoms with Crippen molar-refractivity contribution in [2.45, 2.75) is 6.92 Å². The average Bonchev–Trinajstić information content (AvgIpc) is 2.70. The maximum atomic E-state index is 12.3. The zero-order valence-electron chi connectivity index (χ0n) is 15.3. The summed E-state index contributed by atoms with van der Waals surface area (Å²) in [6.45, 7) is 1.62. The number of carbonyl (C=O) groups is 1. The van der Waals surface area contributed by atoms with Crippen molar-refractivity contribution in [3.05, 3.63) is 57.6 Å². The summed E-state index contributed by atoms with van der Waals surface area (Å²) in [6, 6.07) is 9.15. The predicted molar refractivity (Wildman–Crippen MR) is 98.9 cm³/mol. The standard InChI is InChI=1S/C18H19N3O6/c1-11(12-5-6-17(27-4)16(9-12)21(23)24)19-20-18(22)13-7-14(25-2)10-15(8-13)26-3/h5-10H,1-4H3,(H,20,22)/b19-11-. The zero-order valence-corrected chi connectivity index (χ0v) is 15.3. The number of nitrogens with one attached hydrogen (secondary N) is 1. The Kier molecular flexibility index (Phi) is 6.32. The number of amides is 1. The number of benzene rings is 2. The molecule has 2 aromatic rings. The Morgan fingerprint density at radius 3 is 2.15 bits per heavy atom. The number of ether oxygens (including phenoxy) is 3. The van der Waals surface area contributed by atoms with Gasteiger partial charge in [-0.15, -0.1) is 0 Å². The van der Waals surface area contributed by atoms with E-state index >= 15 is 0 Å². The molecule has 9 nitrogen and oxygen atoms in total. The number of nitrogens with zero attached hydrogens (tertiary/aromatic N) is 2. The first kappa shape index (κ1) is 19.7. The third kappa shape index (κ3) is 4.72. The molecule has 0 aromatic heterocycles. The van der Waals surface area contributed by atoms with Crippen LogP contribution in [0, 0.1) is 10.1 Å². The minimum absolute atomic E-state index is 0.143. The van der Waals surface area contributed by atoms with Gasteiger partial charge in [-0.1, -0.05) is 0 Å². The molecular formula is C18H19N3O6. The molecule has 27 heavy (non-hydrogen) atoms. The Bertz CT molecular complexity index is 872. The number of methoxy groups -OCH3 is 3. The first-order chi connectivity index (χ1) is 12.9. The number of hydrogen-bond acceptors (Lipinski definition) is 7. The lowest BCUT2D eigenvalue weighted by Gasteiger charge is -2.08. The molecule has 0 unspecified atom stereocenters. The van der Waals surface area contributed by atoms with E-state index in [0.29, 0.717) is 28.3 Å². The van der Waals surface area contributed by atoms with Crippen molar-refractivity contribution in [3.8, 4) is 17.2 Å². The highest BCUT2D eigenvalue weighted by molar-refractivity contribution is 6.01. The van der Waals surface area contributed by atoms with Gasteiger partial charge in [0.15, 0.2) is 5.75 Å². The number of hydrazone groups is 1. The SMILES string of the molecule is COc1cc(OC)cc(C(=O)N/N=C(/C)c2ccc(OC)c([N+](=O)[O-])c2)c1. The van der Waals surface area contributed by atoms with E-state index in [1.807, 2.05) is 0 Å². The summed E-state index contributed by atoms with van der Waals surface area (Å²) < 4.78 is 15.2. The van der Waals surface area contributed by atoms with Crippen LogP contribution in [0.1, 0.15) is 22.8 Å². The smallest absolute Gasteiger partial charge is 0.311 e. The van der Waals surface area contributed by atoms with E-state index in [4.69, 9.17) is 14.2 Å². The second kappa shape index (κ2) is 8.65. The molecule has 0 bridgehead atoms. The number of nitro groups is 1. The van der Waals surface area contributed by atoms with Crippen molar-refractivity contribution in [2.24, 2.45) is 5.10 Å². The maximum Gasteiger partial charge on any atom is 0.311 e. The molecule has 0 atom stereocenters. The van der Waals surface area contributed by atoms with E-state index in [9.17, 15) is 14.9 Å². The second-order valence-electron chi connectivity index (χ2n) is 5.38. The monoisotopic (exact) mass is 373 g/mol. The van der Waals surface area contributed by atoms with Crippen molar-refractivity contribution in [3.63, 3.8) is 0 Å². The van der Waals surface area contributed by atoms with E-state index in [-0.39, 0.29) is 11.4 Å². The van der Waals surface area contributed by atoms with E-state index in [0.717, 1.165) is 0 Å². The molecule has 0 spiro atoms. The maximum absolute atomic E-state index is 12.3. The van der Waals surface area contributed by atoms with Crippen molar-refractivity contribution in [1.82, 2.24) is 5.43 Å². The molecule has 2 aromatic carbocycles. The van der Waals surface area contributed by atoms with Crippen LogP contribution in [0.4, 0.5) is 5.69 Å². The minimum Gasteiger partial charge on any atom is -0.497 e. The molecule has 0 aliphatic carbocycles. The van der Waals surface area contributed by atoms with Crippen LogP contribution in [0.3, 0.4) is 0 Å². The highest BCUT2D eigenvalue weighted by atomic mass is 16.6. The summed E-state index contributed by atoms with van der Waals surface area (Å²) in [7, 11) is 4.32. The molecule has 0 aliphatic heterocycles. The van der Waals surface area contributed by atoms with Gasteiger partial charge in [-0.2, -0.15) is 5.10 Å². The number of hydrogen-bond donors (Lipinski definition) is 1. The number of rotatable bonds is 7. The quantitative estimate of drug-likeness (QED) is 0.454. The van der Waals surface area contributed by atoms with E-state index in [2.05, 4.69) is 10.5 Å². The first-order valence-electron chi connectivity index (χ1n) is 7.80. The summed E-state index contributed by atoms with van der Waals surface area (Å²) in [4.78, 5) is 22.9. The van der Waals surface area contributed by atoms with Crippen molar-refractivity contribution in [1.29, 1.82) is 0 Å². The molecule has 9 heteroatoms. The van der Waals surface area contributed by atoms with Crippen LogP contribution < -0.4 is 19.6 Å². The molecule has 0 fully saturated rings. The molecule has 0 heterocycles. The zero-order chi connectivity index (χ0) is 20.0. The van der Waals surface area contributed by atoms with Gasteiger partial charge in [-0.25, -0.2) is 5.43 Å². The van der Waals surface area contributed by atoms with Gasteiger partial charge >= 0.3 is 5.69 Å². The average molecular weight is 373 g/mol. The molecular weight excluding hydrogens is 354 g/mol. The lowest BCUT2D eigenvalue weighted by molar-refractivity contribution is -0.385. The van der Waals surface area contributed by atoms with Crippen LogP contribution in [-0.2, 0) is 0 Å². The Labute approximate surface area is 155 Å². The van der Waals surface area contributed by atoms with Crippen molar-refractivity contribution < 1.29 is 23.9 Å². The van der Waals surface area contributed by atoms with Crippen molar-refractivity contribution >= 4 is 17.3 Å². The molecule has 0 saturated heterocycles. The fourth-order valence-corrected chi connectivity index (χ4v) is 2.26. The molecule has 1 N–H and O–H groups in total. The third-order valence-corrected chi connectivity index (χ3v) is 3.73. The summed E-state index contributed by atoms with van der Waals surface area (Å²) >= 11 is 0. The van der Waals surface area contributed by atoms with Gasteiger partial charge in [0.05, 0.1) is 32.0 Å². The van der Waals surface area contributed by atoms with Gasteiger partial charge in [0.25, 0.3) is 5.91 Å². The van der Waals surface area contributed by atoms with Crippen LogP contribution in [0.25, 0.3) is 0 Å². The topological polar surface area (TPSA) is 112 Å². The van der Waals surface area contributed by atoms with Gasteiger partial charge in [0.2, 0.25) is 0 Å². The largest absolute Gasteiger partial charge is 0.497 e. The molecule has 142 valence electrons. The Morgan fingerprint density at radius 1 is 1.00 bits per heavy atom. The Balaban J connectivity index is 2.23. The van der Waals surface area contributed by atoms with Crippen LogP contribution in [0.2, 0.25) is 0 Å². The van der Waals surface area contributed by atoms with Crippen LogP contribution in [0.5, 0.6) is 17.2 Å². The second-order valence-corrected chi connectivity index (χ2v) is 5.38. The highest BCUT2D eigenvalue weighted by Crippen LogP contribution is 2.27. The number of carbonyl (C=O) groups excluding carboxylic acids is 1. The molecule has 1 amide bonds. The summed E-state index contributed by atoms with van der Waals surface area (Å²) in [5.41, 5.74) is 3.39. The Morgan fingerprint density at radius 2 is 1.63 bits per heavy atom. The lowest BCUT2D eigenvalue weighted by Crippen LogP contribution is -2.19. The molecule has 0 radical (unpaired) electrons. The summed E-state index contributed by atoms with van der Waals surface area (Å²) in [6.07, 6.45) is 0. The van der Waals surface area contributed by atoms with Crippen molar-refractivity contribution in [2.75, 3.05) is 21.3 Å². The third-order valence-electron chi connectivity index (χ3n) is 3.73. The van der Waals surface area contributed by atoms with Gasteiger partial charge in [-0.05, 0) is 31.2 Å². The van der Waals surface area contributed by atoms with E-state index in [1.54, 1.807) is 31.2 Å². The Hall–Kier alpha value is -3.62. The van der Waals surface area contributed by atoms with Crippen LogP contribution >= 0.6 is 0 Å². The van der Waals surface area contributed by atoms with E-state index < -0.39 is 10.8 Å². The van der Waals surface area contributed by atoms with Gasteiger partial charge in [0, 0.05) is 23.3 Å². The minimum atomic E-state index is -0.545. The van der Waals surface area contributed by atoms with Gasteiger partial charge in [0.1, 0.15) is 11.5 Å². The van der Waals surface area contributed by atoms with Gasteiger partial charge < -0.3 is 14.2 Å².